The molecule has 0 fully saturated rings. The van der Waals surface area contributed by atoms with Crippen molar-refractivity contribution in [1.29, 1.82) is 0 Å². The van der Waals surface area contributed by atoms with Crippen molar-refractivity contribution in [1.82, 2.24) is 0 Å². The lowest BCUT2D eigenvalue weighted by Crippen LogP contribution is -2.12. The van der Waals surface area contributed by atoms with Gasteiger partial charge in [-0.25, -0.2) is 0 Å². The molecule has 0 amide bonds. The molecule has 3 aromatic carbocycles. The standard InChI is InChI=1S/C25H26O5/c1-27-17-10-16(11-18(12-17)28-2)23-22(15-8-6-5-7-9-15)24-20(25(23)26)13-19(29-3)14-21(24)30-4/h5-14,22-23,25-26H,1-4H3. The highest BCUT2D eigenvalue weighted by Gasteiger charge is 2.44. The summed E-state index contributed by atoms with van der Waals surface area (Å²) in [6.45, 7) is 0. The van der Waals surface area contributed by atoms with E-state index in [-0.39, 0.29) is 11.8 Å². The van der Waals surface area contributed by atoms with Crippen molar-refractivity contribution >= 4 is 0 Å². The average Bonchev–Trinajstić information content (AvgIpc) is 3.10. The Morgan fingerprint density at radius 1 is 0.667 bits per heavy atom. The van der Waals surface area contributed by atoms with E-state index in [0.29, 0.717) is 23.0 Å². The topological polar surface area (TPSA) is 57.2 Å². The first-order valence-corrected chi connectivity index (χ1v) is 9.83. The van der Waals surface area contributed by atoms with Crippen LogP contribution in [0.4, 0.5) is 0 Å². The van der Waals surface area contributed by atoms with Gasteiger partial charge in [-0.05, 0) is 34.9 Å². The number of benzene rings is 3. The van der Waals surface area contributed by atoms with Crippen LogP contribution in [0.3, 0.4) is 0 Å². The maximum Gasteiger partial charge on any atom is 0.126 e. The maximum absolute atomic E-state index is 11.5. The minimum Gasteiger partial charge on any atom is -0.497 e. The molecule has 0 spiro atoms. The smallest absolute Gasteiger partial charge is 0.126 e. The van der Waals surface area contributed by atoms with Crippen LogP contribution in [-0.4, -0.2) is 33.5 Å². The van der Waals surface area contributed by atoms with E-state index in [0.717, 1.165) is 22.3 Å². The van der Waals surface area contributed by atoms with Gasteiger partial charge in [0.25, 0.3) is 0 Å². The maximum atomic E-state index is 11.5. The number of hydrogen-bond donors (Lipinski definition) is 1. The summed E-state index contributed by atoms with van der Waals surface area (Å²) in [6, 6.07) is 19.7. The summed E-state index contributed by atoms with van der Waals surface area (Å²) in [6.07, 6.45) is -0.744. The van der Waals surface area contributed by atoms with E-state index in [9.17, 15) is 5.11 Å². The first-order valence-electron chi connectivity index (χ1n) is 9.83. The Hall–Kier alpha value is -3.18. The van der Waals surface area contributed by atoms with Crippen LogP contribution in [-0.2, 0) is 0 Å². The SMILES string of the molecule is COc1cc(OC)cc(C2C(O)c3cc(OC)cc(OC)c3C2c2ccccc2)c1. The van der Waals surface area contributed by atoms with Crippen LogP contribution in [0.1, 0.15) is 40.2 Å². The number of rotatable bonds is 6. The Bertz CT molecular complexity index is 1010. The molecule has 5 nitrogen and oxygen atoms in total. The van der Waals surface area contributed by atoms with E-state index in [1.807, 2.05) is 48.5 Å². The quantitative estimate of drug-likeness (QED) is 0.644. The van der Waals surface area contributed by atoms with Gasteiger partial charge in [0.05, 0.1) is 34.5 Å². The van der Waals surface area contributed by atoms with Gasteiger partial charge in [-0.1, -0.05) is 30.3 Å². The van der Waals surface area contributed by atoms with Crippen molar-refractivity contribution in [2.75, 3.05) is 28.4 Å². The van der Waals surface area contributed by atoms with Crippen molar-refractivity contribution in [2.45, 2.75) is 17.9 Å². The van der Waals surface area contributed by atoms with Crippen LogP contribution < -0.4 is 18.9 Å². The van der Waals surface area contributed by atoms with Crippen LogP contribution in [0, 0.1) is 0 Å². The van der Waals surface area contributed by atoms with Crippen LogP contribution in [0.2, 0.25) is 0 Å². The molecule has 30 heavy (non-hydrogen) atoms. The predicted molar refractivity (Wildman–Crippen MR) is 115 cm³/mol. The van der Waals surface area contributed by atoms with E-state index >= 15 is 0 Å². The van der Waals surface area contributed by atoms with E-state index in [1.54, 1.807) is 28.4 Å². The largest absolute Gasteiger partial charge is 0.497 e. The summed E-state index contributed by atoms with van der Waals surface area (Å²) < 4.78 is 22.2. The van der Waals surface area contributed by atoms with Gasteiger partial charge in [-0.15, -0.1) is 0 Å². The molecule has 156 valence electrons. The van der Waals surface area contributed by atoms with Crippen LogP contribution in [0.25, 0.3) is 0 Å². The molecule has 0 heterocycles. The van der Waals surface area contributed by atoms with E-state index < -0.39 is 6.10 Å². The lowest BCUT2D eigenvalue weighted by atomic mass is 9.80. The summed E-state index contributed by atoms with van der Waals surface area (Å²) in [7, 11) is 6.51. The lowest BCUT2D eigenvalue weighted by Gasteiger charge is -2.25. The zero-order valence-corrected chi connectivity index (χ0v) is 17.6. The summed E-state index contributed by atoms with van der Waals surface area (Å²) in [5.74, 6) is 2.38. The molecule has 5 heteroatoms. The summed E-state index contributed by atoms with van der Waals surface area (Å²) in [4.78, 5) is 0. The molecule has 0 aromatic heterocycles. The van der Waals surface area contributed by atoms with E-state index in [1.165, 1.54) is 0 Å². The number of fused-ring (bicyclic) bond motifs is 1. The lowest BCUT2D eigenvalue weighted by molar-refractivity contribution is 0.152. The van der Waals surface area contributed by atoms with E-state index in [4.69, 9.17) is 18.9 Å². The number of aliphatic hydroxyl groups is 1. The fourth-order valence-electron chi connectivity index (χ4n) is 4.47. The van der Waals surface area contributed by atoms with Gasteiger partial charge in [-0.3, -0.25) is 0 Å². The Morgan fingerprint density at radius 3 is 1.83 bits per heavy atom. The summed E-state index contributed by atoms with van der Waals surface area (Å²) in [5, 5.41) is 11.5. The second-order valence-corrected chi connectivity index (χ2v) is 7.34. The van der Waals surface area contributed by atoms with Crippen molar-refractivity contribution in [3.8, 4) is 23.0 Å². The number of hydrogen-bond acceptors (Lipinski definition) is 5. The van der Waals surface area contributed by atoms with Gasteiger partial charge in [0.15, 0.2) is 0 Å². The zero-order chi connectivity index (χ0) is 21.3. The van der Waals surface area contributed by atoms with Gasteiger partial charge in [0.1, 0.15) is 23.0 Å². The summed E-state index contributed by atoms with van der Waals surface area (Å²) in [5.41, 5.74) is 3.82. The molecule has 0 saturated heterocycles. The van der Waals surface area contributed by atoms with Gasteiger partial charge in [0.2, 0.25) is 0 Å². The molecule has 0 radical (unpaired) electrons. The van der Waals surface area contributed by atoms with Gasteiger partial charge >= 0.3 is 0 Å². The highest BCUT2D eigenvalue weighted by molar-refractivity contribution is 5.59. The second kappa shape index (κ2) is 8.28. The Balaban J connectivity index is 1.96. The first-order chi connectivity index (χ1) is 14.6. The van der Waals surface area contributed by atoms with Crippen molar-refractivity contribution < 1.29 is 24.1 Å². The molecule has 4 rings (SSSR count). The molecule has 0 aliphatic heterocycles. The first kappa shape index (κ1) is 20.1. The van der Waals surface area contributed by atoms with E-state index in [2.05, 4.69) is 12.1 Å². The van der Waals surface area contributed by atoms with Crippen molar-refractivity contribution in [3.63, 3.8) is 0 Å². The molecule has 1 aliphatic carbocycles. The molecule has 3 atom stereocenters. The second-order valence-electron chi connectivity index (χ2n) is 7.34. The third-order valence-electron chi connectivity index (χ3n) is 5.85. The fourth-order valence-corrected chi connectivity index (χ4v) is 4.47. The fraction of sp³-hybridized carbons (Fsp3) is 0.280. The van der Waals surface area contributed by atoms with Crippen LogP contribution in [0.15, 0.2) is 60.7 Å². The molecular weight excluding hydrogens is 380 g/mol. The monoisotopic (exact) mass is 406 g/mol. The minimum absolute atomic E-state index is 0.103. The third kappa shape index (κ3) is 3.35. The molecule has 1 N–H and O–H groups in total. The highest BCUT2D eigenvalue weighted by Crippen LogP contribution is 2.57. The number of ether oxygens (including phenoxy) is 4. The Kier molecular flexibility index (Phi) is 5.55. The number of aliphatic hydroxyl groups excluding tert-OH is 1. The molecule has 3 aromatic rings. The van der Waals surface area contributed by atoms with Gasteiger partial charge in [0, 0.05) is 29.5 Å². The molecular formula is C25H26O5. The Morgan fingerprint density at radius 2 is 1.27 bits per heavy atom. The number of methoxy groups -OCH3 is 4. The van der Waals surface area contributed by atoms with Crippen molar-refractivity contribution in [2.24, 2.45) is 0 Å². The van der Waals surface area contributed by atoms with Gasteiger partial charge in [-0.2, -0.15) is 0 Å². The highest BCUT2D eigenvalue weighted by atomic mass is 16.5. The van der Waals surface area contributed by atoms with Crippen LogP contribution in [0.5, 0.6) is 23.0 Å². The molecule has 0 bridgehead atoms. The molecule has 1 aliphatic rings. The third-order valence-corrected chi connectivity index (χ3v) is 5.85. The minimum atomic E-state index is -0.744. The molecule has 3 unspecified atom stereocenters. The summed E-state index contributed by atoms with van der Waals surface area (Å²) >= 11 is 0. The normalized spacial score (nSPS) is 19.8. The van der Waals surface area contributed by atoms with Gasteiger partial charge < -0.3 is 24.1 Å². The average molecular weight is 406 g/mol. The predicted octanol–water partition coefficient (Wildman–Crippen LogP) is 4.68. The molecule has 0 saturated carbocycles. The van der Waals surface area contributed by atoms with Crippen LogP contribution >= 0.6 is 0 Å². The zero-order valence-electron chi connectivity index (χ0n) is 17.6. The Labute approximate surface area is 176 Å². The van der Waals surface area contributed by atoms with Crippen molar-refractivity contribution in [3.05, 3.63) is 82.9 Å².